The summed E-state index contributed by atoms with van der Waals surface area (Å²) in [5, 5.41) is 14.8. The largest absolute Gasteiger partial charge is 0.480 e. The Morgan fingerprint density at radius 2 is 1.76 bits per heavy atom. The summed E-state index contributed by atoms with van der Waals surface area (Å²) in [7, 11) is -3.87. The van der Waals surface area contributed by atoms with Crippen molar-refractivity contribution in [3.8, 4) is 0 Å². The van der Waals surface area contributed by atoms with Crippen molar-refractivity contribution in [2.45, 2.75) is 23.8 Å². The van der Waals surface area contributed by atoms with Gasteiger partial charge in [0.15, 0.2) is 0 Å². The van der Waals surface area contributed by atoms with Gasteiger partial charge in [0.2, 0.25) is 10.0 Å². The Kier molecular flexibility index (Phi) is 7.67. The summed E-state index contributed by atoms with van der Waals surface area (Å²) < 4.78 is 28.0. The van der Waals surface area contributed by atoms with Crippen LogP contribution in [0.5, 0.6) is 0 Å². The molecule has 8 nitrogen and oxygen atoms in total. The van der Waals surface area contributed by atoms with Gasteiger partial charge in [-0.3, -0.25) is 9.78 Å². The van der Waals surface area contributed by atoms with Crippen LogP contribution in [0.15, 0.2) is 65.8 Å². The fourth-order valence-electron chi connectivity index (χ4n) is 4.14. The van der Waals surface area contributed by atoms with Crippen LogP contribution in [-0.2, 0) is 14.8 Å². The third-order valence-corrected chi connectivity index (χ3v) is 7.81. The Hall–Kier alpha value is -2.72. The number of rotatable bonds is 9. The molecule has 0 spiro atoms. The monoisotopic (exact) mass is 502 g/mol. The lowest BCUT2D eigenvalue weighted by Crippen LogP contribution is -2.48. The first kappa shape index (κ1) is 24.4. The fourth-order valence-corrected chi connectivity index (χ4v) is 5.41. The van der Waals surface area contributed by atoms with E-state index in [1.807, 2.05) is 12.1 Å². The molecule has 3 N–H and O–H groups in total. The highest BCUT2D eigenvalue weighted by atomic mass is 35.5. The summed E-state index contributed by atoms with van der Waals surface area (Å²) in [6.07, 6.45) is 5.40. The third kappa shape index (κ3) is 6.04. The quantitative estimate of drug-likeness (QED) is 0.412. The standard InChI is InChI=1S/C24H27ClN4O4S/c25-20-3-1-19-14-22(4-2-18(19)13-20)34(32,33)28-16-23(24(30)31)27-15-17-7-11-29(12-8-17)21-5-9-26-10-6-21/h1-6,9-10,13-14,17,23,27-28H,7-8,11-12,15-16H2,(H,30,31)/t23-/m0/s1. The van der Waals surface area contributed by atoms with Crippen LogP contribution in [0.25, 0.3) is 10.8 Å². The molecular weight excluding hydrogens is 476 g/mol. The molecule has 0 bridgehead atoms. The average Bonchev–Trinajstić information content (AvgIpc) is 2.84. The molecule has 0 unspecified atom stereocenters. The average molecular weight is 503 g/mol. The third-order valence-electron chi connectivity index (χ3n) is 6.15. The van der Waals surface area contributed by atoms with Crippen molar-refractivity contribution >= 4 is 44.1 Å². The van der Waals surface area contributed by atoms with Crippen LogP contribution < -0.4 is 14.9 Å². The predicted molar refractivity (Wildman–Crippen MR) is 133 cm³/mol. The molecule has 2 aromatic carbocycles. The Morgan fingerprint density at radius 3 is 2.47 bits per heavy atom. The van der Waals surface area contributed by atoms with Crippen LogP contribution in [-0.4, -0.2) is 56.7 Å². The Morgan fingerprint density at radius 1 is 1.09 bits per heavy atom. The number of fused-ring (bicyclic) bond motifs is 1. The van der Waals surface area contributed by atoms with Crippen molar-refractivity contribution < 1.29 is 18.3 Å². The van der Waals surface area contributed by atoms with Crippen molar-refractivity contribution in [3.63, 3.8) is 0 Å². The Labute approximate surface area is 204 Å². The first-order chi connectivity index (χ1) is 16.3. The molecule has 0 amide bonds. The van der Waals surface area contributed by atoms with Gasteiger partial charge in [0.05, 0.1) is 4.90 Å². The Bertz CT molecular complexity index is 1250. The molecule has 180 valence electrons. The van der Waals surface area contributed by atoms with Crippen molar-refractivity contribution in [1.29, 1.82) is 0 Å². The number of hydrogen-bond acceptors (Lipinski definition) is 6. The first-order valence-corrected chi connectivity index (χ1v) is 13.0. The van der Waals surface area contributed by atoms with E-state index in [1.54, 1.807) is 42.7 Å². The number of hydrogen-bond donors (Lipinski definition) is 3. The maximum Gasteiger partial charge on any atom is 0.322 e. The topological polar surface area (TPSA) is 112 Å². The number of halogens is 1. The second kappa shape index (κ2) is 10.7. The maximum absolute atomic E-state index is 12.8. The van der Waals surface area contributed by atoms with Gasteiger partial charge in [0.25, 0.3) is 0 Å². The lowest BCUT2D eigenvalue weighted by Gasteiger charge is -2.34. The molecule has 1 aromatic heterocycles. The number of nitrogens with zero attached hydrogens (tertiary/aromatic N) is 2. The number of carboxylic acids is 1. The smallest absolute Gasteiger partial charge is 0.322 e. The van der Waals surface area contributed by atoms with Crippen LogP contribution in [0.3, 0.4) is 0 Å². The number of aromatic nitrogens is 1. The van der Waals surface area contributed by atoms with E-state index >= 15 is 0 Å². The molecule has 10 heteroatoms. The zero-order chi connectivity index (χ0) is 24.1. The number of piperidine rings is 1. The molecule has 3 aromatic rings. The van der Waals surface area contributed by atoms with Gasteiger partial charge in [-0.2, -0.15) is 0 Å². The number of carboxylic acid groups (broad SMARTS) is 1. The number of anilines is 1. The number of carbonyl (C=O) groups is 1. The molecule has 0 saturated carbocycles. The van der Waals surface area contributed by atoms with E-state index in [0.717, 1.165) is 42.4 Å². The van der Waals surface area contributed by atoms with Gasteiger partial charge in [-0.15, -0.1) is 0 Å². The lowest BCUT2D eigenvalue weighted by molar-refractivity contribution is -0.139. The minimum atomic E-state index is -3.87. The van der Waals surface area contributed by atoms with Crippen LogP contribution in [0, 0.1) is 5.92 Å². The second-order valence-electron chi connectivity index (χ2n) is 8.44. The molecule has 0 aliphatic carbocycles. The zero-order valence-corrected chi connectivity index (χ0v) is 20.1. The van der Waals surface area contributed by atoms with E-state index < -0.39 is 22.0 Å². The highest BCUT2D eigenvalue weighted by Crippen LogP contribution is 2.23. The fraction of sp³-hybridized carbons (Fsp3) is 0.333. The van der Waals surface area contributed by atoms with Gasteiger partial charge >= 0.3 is 5.97 Å². The zero-order valence-electron chi connectivity index (χ0n) is 18.5. The lowest BCUT2D eigenvalue weighted by atomic mass is 9.96. The number of nitrogens with one attached hydrogen (secondary N) is 2. The second-order valence-corrected chi connectivity index (χ2v) is 10.6. The van der Waals surface area contributed by atoms with E-state index in [2.05, 4.69) is 19.9 Å². The van der Waals surface area contributed by atoms with E-state index in [0.29, 0.717) is 17.5 Å². The van der Waals surface area contributed by atoms with Gasteiger partial charge in [-0.05, 0) is 72.5 Å². The highest BCUT2D eigenvalue weighted by molar-refractivity contribution is 7.89. The van der Waals surface area contributed by atoms with Crippen LogP contribution in [0.4, 0.5) is 5.69 Å². The number of benzene rings is 2. The highest BCUT2D eigenvalue weighted by Gasteiger charge is 2.25. The Balaban J connectivity index is 1.31. The minimum Gasteiger partial charge on any atom is -0.480 e. The van der Waals surface area contributed by atoms with Gasteiger partial charge < -0.3 is 15.3 Å². The van der Waals surface area contributed by atoms with Crippen molar-refractivity contribution in [3.05, 3.63) is 65.9 Å². The van der Waals surface area contributed by atoms with Crippen LogP contribution in [0.2, 0.25) is 5.02 Å². The molecule has 1 aliphatic heterocycles. The number of sulfonamides is 1. The number of pyridine rings is 1. The summed E-state index contributed by atoms with van der Waals surface area (Å²) in [6, 6.07) is 12.9. The molecule has 0 radical (unpaired) electrons. The van der Waals surface area contributed by atoms with Gasteiger partial charge in [0.1, 0.15) is 6.04 Å². The van der Waals surface area contributed by atoms with Crippen molar-refractivity contribution in [2.24, 2.45) is 5.92 Å². The van der Waals surface area contributed by atoms with Crippen LogP contribution in [0.1, 0.15) is 12.8 Å². The SMILES string of the molecule is O=C(O)[C@H](CNS(=O)(=O)c1ccc2cc(Cl)ccc2c1)NCC1CCN(c2ccncc2)CC1. The molecule has 1 fully saturated rings. The van der Waals surface area contributed by atoms with Crippen molar-refractivity contribution in [2.75, 3.05) is 31.1 Å². The molecule has 4 rings (SSSR count). The number of aliphatic carboxylic acids is 1. The van der Waals surface area contributed by atoms with Gasteiger partial charge in [-0.1, -0.05) is 23.7 Å². The minimum absolute atomic E-state index is 0.0787. The van der Waals surface area contributed by atoms with E-state index in [1.165, 1.54) is 6.07 Å². The molecule has 34 heavy (non-hydrogen) atoms. The molecule has 1 aliphatic rings. The summed E-state index contributed by atoms with van der Waals surface area (Å²) in [6.45, 7) is 2.04. The predicted octanol–water partition coefficient (Wildman–Crippen LogP) is 3.13. The van der Waals surface area contributed by atoms with Crippen LogP contribution >= 0.6 is 11.6 Å². The van der Waals surface area contributed by atoms with Crippen molar-refractivity contribution in [1.82, 2.24) is 15.0 Å². The molecule has 1 saturated heterocycles. The summed E-state index contributed by atoms with van der Waals surface area (Å²) >= 11 is 5.99. The van der Waals surface area contributed by atoms with E-state index in [-0.39, 0.29) is 11.4 Å². The summed E-state index contributed by atoms with van der Waals surface area (Å²) in [4.78, 5) is 18.2. The van der Waals surface area contributed by atoms with E-state index in [9.17, 15) is 18.3 Å². The molecular formula is C24H27ClN4O4S. The van der Waals surface area contributed by atoms with Gasteiger partial charge in [-0.25, -0.2) is 13.1 Å². The van der Waals surface area contributed by atoms with E-state index in [4.69, 9.17) is 11.6 Å². The first-order valence-electron chi connectivity index (χ1n) is 11.1. The molecule has 2 heterocycles. The normalized spacial score (nSPS) is 16.0. The van der Waals surface area contributed by atoms with Gasteiger partial charge in [0, 0.05) is 42.7 Å². The maximum atomic E-state index is 12.8. The molecule has 1 atom stereocenters. The summed E-state index contributed by atoms with van der Waals surface area (Å²) in [5.74, 6) is -0.770. The summed E-state index contributed by atoms with van der Waals surface area (Å²) in [5.41, 5.74) is 1.14.